The van der Waals surface area contributed by atoms with Gasteiger partial charge in [-0.25, -0.2) is 9.37 Å². The highest BCUT2D eigenvalue weighted by Gasteiger charge is 2.38. The van der Waals surface area contributed by atoms with Crippen LogP contribution in [0.25, 0.3) is 0 Å². The van der Waals surface area contributed by atoms with Gasteiger partial charge in [-0.2, -0.15) is 0 Å². The molecular formula is C19H26FIN4S. The smallest absolute Gasteiger partial charge is 0.191 e. The Morgan fingerprint density at radius 2 is 2.00 bits per heavy atom. The molecule has 0 atom stereocenters. The van der Waals surface area contributed by atoms with Gasteiger partial charge >= 0.3 is 0 Å². The number of halogens is 2. The van der Waals surface area contributed by atoms with Crippen molar-refractivity contribution < 1.29 is 4.39 Å². The van der Waals surface area contributed by atoms with E-state index in [4.69, 9.17) is 0 Å². The molecule has 1 aromatic heterocycles. The molecule has 0 spiro atoms. The molecule has 4 nitrogen and oxygen atoms in total. The molecular weight excluding hydrogens is 462 g/mol. The van der Waals surface area contributed by atoms with E-state index in [1.807, 2.05) is 19.1 Å². The van der Waals surface area contributed by atoms with Gasteiger partial charge < -0.3 is 10.6 Å². The van der Waals surface area contributed by atoms with Crippen LogP contribution in [0.2, 0.25) is 0 Å². The van der Waals surface area contributed by atoms with E-state index >= 15 is 0 Å². The number of aliphatic imine (C=N–C) groups is 1. The molecule has 7 heteroatoms. The summed E-state index contributed by atoms with van der Waals surface area (Å²) < 4.78 is 13.2. The van der Waals surface area contributed by atoms with E-state index in [0.29, 0.717) is 0 Å². The zero-order chi connectivity index (χ0) is 17.7. The van der Waals surface area contributed by atoms with Gasteiger partial charge in [0.05, 0.1) is 10.7 Å². The number of aromatic nitrogens is 1. The third-order valence-corrected chi connectivity index (χ3v) is 5.75. The van der Waals surface area contributed by atoms with E-state index in [2.05, 4.69) is 26.0 Å². The fraction of sp³-hybridized carbons (Fsp3) is 0.474. The highest BCUT2D eigenvalue weighted by atomic mass is 127. The van der Waals surface area contributed by atoms with Crippen LogP contribution in [0.5, 0.6) is 0 Å². The van der Waals surface area contributed by atoms with Crippen LogP contribution in [0, 0.1) is 12.7 Å². The minimum absolute atomic E-state index is 0. The first kappa shape index (κ1) is 21.1. The van der Waals surface area contributed by atoms with Gasteiger partial charge in [0.2, 0.25) is 0 Å². The van der Waals surface area contributed by atoms with E-state index in [-0.39, 0.29) is 35.2 Å². The number of hydrogen-bond donors (Lipinski definition) is 2. The first-order valence-electron chi connectivity index (χ1n) is 8.73. The molecule has 26 heavy (non-hydrogen) atoms. The molecule has 1 aromatic carbocycles. The van der Waals surface area contributed by atoms with Crippen LogP contribution in [0.15, 0.2) is 34.6 Å². The number of aryl methyl sites for hydroxylation is 1. The molecule has 0 saturated heterocycles. The molecule has 2 aromatic rings. The Morgan fingerprint density at radius 1 is 1.27 bits per heavy atom. The minimum Gasteiger partial charge on any atom is -0.356 e. The molecule has 3 rings (SSSR count). The number of thiazole rings is 1. The van der Waals surface area contributed by atoms with Crippen LogP contribution in [0.1, 0.15) is 35.5 Å². The van der Waals surface area contributed by atoms with Gasteiger partial charge in [0.25, 0.3) is 0 Å². The molecule has 1 aliphatic rings. The van der Waals surface area contributed by atoms with Gasteiger partial charge in [-0.1, -0.05) is 18.6 Å². The number of nitrogens with zero attached hydrogens (tertiary/aromatic N) is 2. The molecule has 0 radical (unpaired) electrons. The summed E-state index contributed by atoms with van der Waals surface area (Å²) in [6.45, 7) is 3.64. The average molecular weight is 488 g/mol. The maximum Gasteiger partial charge on any atom is 0.191 e. The summed E-state index contributed by atoms with van der Waals surface area (Å²) in [7, 11) is 1.79. The van der Waals surface area contributed by atoms with Crippen LogP contribution in [-0.4, -0.2) is 31.1 Å². The van der Waals surface area contributed by atoms with Gasteiger partial charge in [-0.15, -0.1) is 35.3 Å². The largest absolute Gasteiger partial charge is 0.356 e. The van der Waals surface area contributed by atoms with Crippen molar-refractivity contribution in [1.82, 2.24) is 15.6 Å². The quantitative estimate of drug-likeness (QED) is 0.367. The van der Waals surface area contributed by atoms with Crippen LogP contribution < -0.4 is 10.6 Å². The summed E-state index contributed by atoms with van der Waals surface area (Å²) in [5.74, 6) is 0.626. The molecule has 1 aliphatic carbocycles. The minimum atomic E-state index is -0.180. The summed E-state index contributed by atoms with van der Waals surface area (Å²) in [6.07, 6.45) is 4.35. The van der Waals surface area contributed by atoms with E-state index in [1.54, 1.807) is 30.5 Å². The van der Waals surface area contributed by atoms with Crippen LogP contribution in [-0.2, 0) is 11.8 Å². The molecule has 0 unspecified atom stereocenters. The third kappa shape index (κ3) is 5.16. The monoisotopic (exact) mass is 488 g/mol. The van der Waals surface area contributed by atoms with Crippen molar-refractivity contribution in [3.05, 3.63) is 51.7 Å². The predicted molar refractivity (Wildman–Crippen MR) is 117 cm³/mol. The average Bonchev–Trinajstić information content (AvgIpc) is 2.99. The SMILES string of the molecule is CN=C(NCCc1csc(C)n1)NCC1(c2ccc(F)cc2)CCC1.I. The van der Waals surface area contributed by atoms with Crippen molar-refractivity contribution >= 4 is 41.3 Å². The van der Waals surface area contributed by atoms with E-state index in [0.717, 1.165) is 49.0 Å². The summed E-state index contributed by atoms with van der Waals surface area (Å²) >= 11 is 1.68. The van der Waals surface area contributed by atoms with Gasteiger partial charge in [-0.3, -0.25) is 4.99 Å². The van der Waals surface area contributed by atoms with E-state index in [1.165, 1.54) is 12.0 Å². The number of nitrogens with one attached hydrogen (secondary N) is 2. The highest BCUT2D eigenvalue weighted by Crippen LogP contribution is 2.43. The van der Waals surface area contributed by atoms with Gasteiger partial charge in [0.1, 0.15) is 5.82 Å². The Labute approximate surface area is 175 Å². The fourth-order valence-corrected chi connectivity index (χ4v) is 3.93. The lowest BCUT2D eigenvalue weighted by atomic mass is 9.64. The van der Waals surface area contributed by atoms with Crippen molar-refractivity contribution in [3.63, 3.8) is 0 Å². The van der Waals surface area contributed by atoms with Crippen molar-refractivity contribution in [3.8, 4) is 0 Å². The second-order valence-electron chi connectivity index (χ2n) is 6.60. The molecule has 0 bridgehead atoms. The zero-order valence-corrected chi connectivity index (χ0v) is 18.4. The molecule has 1 fully saturated rings. The van der Waals surface area contributed by atoms with Crippen molar-refractivity contribution in [1.29, 1.82) is 0 Å². The molecule has 1 saturated carbocycles. The second-order valence-corrected chi connectivity index (χ2v) is 7.66. The van der Waals surface area contributed by atoms with Crippen LogP contribution in [0.4, 0.5) is 4.39 Å². The lowest BCUT2D eigenvalue weighted by Crippen LogP contribution is -2.49. The Balaban J connectivity index is 0.00000243. The van der Waals surface area contributed by atoms with Gasteiger partial charge in [0.15, 0.2) is 5.96 Å². The van der Waals surface area contributed by atoms with Crippen LogP contribution >= 0.6 is 35.3 Å². The second kappa shape index (κ2) is 9.64. The molecule has 2 N–H and O–H groups in total. The van der Waals surface area contributed by atoms with Gasteiger partial charge in [0, 0.05) is 37.4 Å². The van der Waals surface area contributed by atoms with E-state index < -0.39 is 0 Å². The lowest BCUT2D eigenvalue weighted by molar-refractivity contribution is 0.243. The molecule has 1 heterocycles. The maximum absolute atomic E-state index is 13.2. The summed E-state index contributed by atoms with van der Waals surface area (Å²) in [5, 5.41) is 10.00. The Morgan fingerprint density at radius 3 is 2.54 bits per heavy atom. The fourth-order valence-electron chi connectivity index (χ4n) is 3.28. The molecule has 0 aliphatic heterocycles. The first-order valence-corrected chi connectivity index (χ1v) is 9.61. The molecule has 0 amide bonds. The predicted octanol–water partition coefficient (Wildman–Crippen LogP) is 4.04. The first-order chi connectivity index (χ1) is 12.1. The number of hydrogen-bond acceptors (Lipinski definition) is 3. The Kier molecular flexibility index (Phi) is 7.82. The maximum atomic E-state index is 13.2. The summed E-state index contributed by atoms with van der Waals surface area (Å²) in [6, 6.07) is 6.94. The highest BCUT2D eigenvalue weighted by molar-refractivity contribution is 14.0. The van der Waals surface area contributed by atoms with Crippen molar-refractivity contribution in [2.24, 2.45) is 4.99 Å². The zero-order valence-electron chi connectivity index (χ0n) is 15.2. The lowest BCUT2D eigenvalue weighted by Gasteiger charge is -2.43. The van der Waals surface area contributed by atoms with E-state index in [9.17, 15) is 4.39 Å². The Hall–Kier alpha value is -1.22. The Bertz CT molecular complexity index is 725. The van der Waals surface area contributed by atoms with Crippen LogP contribution in [0.3, 0.4) is 0 Å². The topological polar surface area (TPSA) is 49.3 Å². The number of benzene rings is 1. The van der Waals surface area contributed by atoms with Crippen molar-refractivity contribution in [2.75, 3.05) is 20.1 Å². The van der Waals surface area contributed by atoms with Gasteiger partial charge in [-0.05, 0) is 37.5 Å². The molecule has 142 valence electrons. The number of guanidine groups is 1. The van der Waals surface area contributed by atoms with Crippen molar-refractivity contribution in [2.45, 2.75) is 38.0 Å². The third-order valence-electron chi connectivity index (χ3n) is 4.93. The summed E-state index contributed by atoms with van der Waals surface area (Å²) in [5.41, 5.74) is 2.42. The normalized spacial score (nSPS) is 15.7. The number of rotatable bonds is 6. The standard InChI is InChI=1S/C19H25FN4S.HI/c1-14-24-17(12-25-14)8-11-22-18(21-2)23-13-19(9-3-10-19)15-4-6-16(20)7-5-15;/h4-7,12H,3,8-11,13H2,1-2H3,(H2,21,22,23);1H. The summed E-state index contributed by atoms with van der Waals surface area (Å²) in [4.78, 5) is 8.79.